The minimum Gasteiger partial charge on any atom is -0.452 e. The lowest BCUT2D eigenvalue weighted by atomic mass is 10.2. The number of nitrogens with two attached hydrogens (primary N) is 1. The van der Waals surface area contributed by atoms with Crippen LogP contribution in [0.3, 0.4) is 0 Å². The molecule has 0 aliphatic rings. The number of rotatable bonds is 7. The van der Waals surface area contributed by atoms with Crippen molar-refractivity contribution in [1.29, 1.82) is 0 Å². The molecular weight excluding hydrogens is 368 g/mol. The molecule has 2 aromatic carbocycles. The number of nitro benzene ring substituents is 1. The molecule has 2 aromatic rings. The minimum absolute atomic E-state index is 0.0839. The SMILES string of the molecule is Nc1ccc(C(=O)OCC(=O)Nc2ccc(OC(F)F)cc2)cc1[N+](=O)[O-]. The maximum absolute atomic E-state index is 12.1. The minimum atomic E-state index is -2.96. The number of alkyl halides is 2. The second-order valence-corrected chi connectivity index (χ2v) is 5.06. The van der Waals surface area contributed by atoms with Crippen LogP contribution >= 0.6 is 0 Å². The quantitative estimate of drug-likeness (QED) is 0.326. The number of nitrogens with zero attached hydrogens (tertiary/aromatic N) is 1. The monoisotopic (exact) mass is 381 g/mol. The van der Waals surface area contributed by atoms with E-state index in [0.29, 0.717) is 0 Å². The number of hydrogen-bond donors (Lipinski definition) is 2. The summed E-state index contributed by atoms with van der Waals surface area (Å²) >= 11 is 0. The van der Waals surface area contributed by atoms with Crippen molar-refractivity contribution in [2.75, 3.05) is 17.7 Å². The van der Waals surface area contributed by atoms with Gasteiger partial charge in [-0.1, -0.05) is 0 Å². The molecule has 0 bridgehead atoms. The zero-order valence-electron chi connectivity index (χ0n) is 13.6. The Morgan fingerprint density at radius 2 is 1.85 bits per heavy atom. The van der Waals surface area contributed by atoms with Crippen LogP contribution in [-0.2, 0) is 9.53 Å². The van der Waals surface area contributed by atoms with Gasteiger partial charge in [-0.05, 0) is 36.4 Å². The van der Waals surface area contributed by atoms with E-state index in [-0.39, 0.29) is 22.7 Å². The molecular formula is C16H13F2N3O6. The predicted octanol–water partition coefficient (Wildman–Crippen LogP) is 2.57. The van der Waals surface area contributed by atoms with Crippen LogP contribution in [-0.4, -0.2) is 30.0 Å². The molecule has 1 amide bonds. The third kappa shape index (κ3) is 5.63. The number of ether oxygens (including phenoxy) is 2. The Labute approximate surface area is 150 Å². The lowest BCUT2D eigenvalue weighted by Gasteiger charge is -2.08. The second kappa shape index (κ2) is 8.56. The highest BCUT2D eigenvalue weighted by Gasteiger charge is 2.17. The first-order chi connectivity index (χ1) is 12.8. The number of nitro groups is 1. The highest BCUT2D eigenvalue weighted by molar-refractivity contribution is 5.96. The number of carbonyl (C=O) groups excluding carboxylic acids is 2. The number of nitrogen functional groups attached to an aromatic ring is 1. The predicted molar refractivity (Wildman–Crippen MR) is 89.5 cm³/mol. The van der Waals surface area contributed by atoms with Crippen molar-refractivity contribution in [3.63, 3.8) is 0 Å². The van der Waals surface area contributed by atoms with Crippen molar-refractivity contribution in [3.8, 4) is 5.75 Å². The first-order valence-electron chi connectivity index (χ1n) is 7.32. The van der Waals surface area contributed by atoms with Crippen LogP contribution in [0.15, 0.2) is 42.5 Å². The molecule has 0 saturated heterocycles. The lowest BCUT2D eigenvalue weighted by Crippen LogP contribution is -2.21. The van der Waals surface area contributed by atoms with Crippen molar-refractivity contribution < 1.29 is 32.8 Å². The van der Waals surface area contributed by atoms with Crippen LogP contribution in [0.2, 0.25) is 0 Å². The van der Waals surface area contributed by atoms with Gasteiger partial charge in [0.2, 0.25) is 0 Å². The summed E-state index contributed by atoms with van der Waals surface area (Å²) < 4.78 is 33.0. The summed E-state index contributed by atoms with van der Waals surface area (Å²) in [6.45, 7) is -3.62. The molecule has 0 saturated carbocycles. The molecule has 0 unspecified atom stereocenters. The summed E-state index contributed by atoms with van der Waals surface area (Å²) in [5, 5.41) is 13.2. The van der Waals surface area contributed by atoms with Gasteiger partial charge in [-0.15, -0.1) is 0 Å². The van der Waals surface area contributed by atoms with Gasteiger partial charge in [-0.25, -0.2) is 4.79 Å². The van der Waals surface area contributed by atoms with E-state index in [1.54, 1.807) is 0 Å². The van der Waals surface area contributed by atoms with Crippen LogP contribution in [0, 0.1) is 10.1 Å². The smallest absolute Gasteiger partial charge is 0.387 e. The van der Waals surface area contributed by atoms with Crippen LogP contribution in [0.4, 0.5) is 25.8 Å². The average molecular weight is 381 g/mol. The number of hydrogen-bond acceptors (Lipinski definition) is 7. The van der Waals surface area contributed by atoms with Gasteiger partial charge in [0.05, 0.1) is 10.5 Å². The Kier molecular flexibility index (Phi) is 6.20. The van der Waals surface area contributed by atoms with Crippen molar-refractivity contribution in [1.82, 2.24) is 0 Å². The van der Waals surface area contributed by atoms with E-state index in [2.05, 4.69) is 10.1 Å². The van der Waals surface area contributed by atoms with Gasteiger partial charge < -0.3 is 20.5 Å². The number of amides is 1. The van der Waals surface area contributed by atoms with E-state index < -0.39 is 35.7 Å². The summed E-state index contributed by atoms with van der Waals surface area (Å²) in [7, 11) is 0. The molecule has 2 rings (SSSR count). The Hall–Kier alpha value is -3.76. The van der Waals surface area contributed by atoms with Gasteiger partial charge in [-0.2, -0.15) is 8.78 Å². The molecule has 0 heterocycles. The Balaban J connectivity index is 1.90. The second-order valence-electron chi connectivity index (χ2n) is 5.06. The maximum Gasteiger partial charge on any atom is 0.387 e. The molecule has 142 valence electrons. The molecule has 0 aromatic heterocycles. The van der Waals surface area contributed by atoms with Gasteiger partial charge in [0.1, 0.15) is 11.4 Å². The number of halogens is 2. The fraction of sp³-hybridized carbons (Fsp3) is 0.125. The summed E-state index contributed by atoms with van der Waals surface area (Å²) in [6.07, 6.45) is 0. The molecule has 9 nitrogen and oxygen atoms in total. The van der Waals surface area contributed by atoms with Gasteiger partial charge in [0.15, 0.2) is 6.61 Å². The number of anilines is 2. The summed E-state index contributed by atoms with van der Waals surface area (Å²) in [5.74, 6) is -1.73. The molecule has 0 atom stereocenters. The lowest BCUT2D eigenvalue weighted by molar-refractivity contribution is -0.383. The van der Waals surface area contributed by atoms with Gasteiger partial charge in [0.25, 0.3) is 11.6 Å². The van der Waals surface area contributed by atoms with Crippen molar-refractivity contribution in [2.45, 2.75) is 6.61 Å². The van der Waals surface area contributed by atoms with E-state index in [1.807, 2.05) is 0 Å². The van der Waals surface area contributed by atoms with Crippen LogP contribution in [0.1, 0.15) is 10.4 Å². The first-order valence-corrected chi connectivity index (χ1v) is 7.32. The van der Waals surface area contributed by atoms with Crippen molar-refractivity contribution in [2.24, 2.45) is 0 Å². The highest BCUT2D eigenvalue weighted by Crippen LogP contribution is 2.22. The average Bonchev–Trinajstić information content (AvgIpc) is 2.61. The van der Waals surface area contributed by atoms with E-state index >= 15 is 0 Å². The summed E-state index contributed by atoms with van der Waals surface area (Å²) in [6, 6.07) is 8.43. The van der Waals surface area contributed by atoms with Gasteiger partial charge in [0, 0.05) is 11.8 Å². The zero-order chi connectivity index (χ0) is 20.0. The third-order valence-electron chi connectivity index (χ3n) is 3.16. The Bertz CT molecular complexity index is 858. The van der Waals surface area contributed by atoms with E-state index in [0.717, 1.165) is 6.07 Å². The highest BCUT2D eigenvalue weighted by atomic mass is 19.3. The molecule has 0 fully saturated rings. The van der Waals surface area contributed by atoms with Crippen LogP contribution in [0.5, 0.6) is 5.75 Å². The molecule has 0 radical (unpaired) electrons. The fourth-order valence-electron chi connectivity index (χ4n) is 1.96. The van der Waals surface area contributed by atoms with Crippen molar-refractivity contribution in [3.05, 3.63) is 58.1 Å². The first kappa shape index (κ1) is 19.6. The van der Waals surface area contributed by atoms with Gasteiger partial charge >= 0.3 is 12.6 Å². The van der Waals surface area contributed by atoms with E-state index in [1.165, 1.54) is 36.4 Å². The molecule has 0 aliphatic carbocycles. The Morgan fingerprint density at radius 3 is 2.44 bits per heavy atom. The standard InChI is InChI=1S/C16H13F2N3O6/c17-16(18)27-11-4-2-10(3-5-11)20-14(22)8-26-15(23)9-1-6-12(19)13(7-9)21(24)25/h1-7,16H,8,19H2,(H,20,22). The van der Waals surface area contributed by atoms with Crippen LogP contribution in [0.25, 0.3) is 0 Å². The number of carbonyl (C=O) groups is 2. The number of nitrogens with one attached hydrogen (secondary N) is 1. The zero-order valence-corrected chi connectivity index (χ0v) is 13.6. The van der Waals surface area contributed by atoms with Crippen molar-refractivity contribution >= 4 is 28.9 Å². The summed E-state index contributed by atoms with van der Waals surface area (Å²) in [4.78, 5) is 33.7. The summed E-state index contributed by atoms with van der Waals surface area (Å²) in [5.41, 5.74) is 4.98. The number of benzene rings is 2. The molecule has 11 heteroatoms. The molecule has 0 aliphatic heterocycles. The van der Waals surface area contributed by atoms with Gasteiger partial charge in [-0.3, -0.25) is 14.9 Å². The molecule has 0 spiro atoms. The maximum atomic E-state index is 12.1. The molecule has 27 heavy (non-hydrogen) atoms. The van der Waals surface area contributed by atoms with Crippen LogP contribution < -0.4 is 15.8 Å². The topological polar surface area (TPSA) is 134 Å². The largest absolute Gasteiger partial charge is 0.452 e. The molecule has 3 N–H and O–H groups in total. The third-order valence-corrected chi connectivity index (χ3v) is 3.16. The fourth-order valence-corrected chi connectivity index (χ4v) is 1.96. The normalized spacial score (nSPS) is 10.3. The van der Waals surface area contributed by atoms with E-state index in [4.69, 9.17) is 10.5 Å². The Morgan fingerprint density at radius 1 is 1.19 bits per heavy atom. The number of esters is 1. The van der Waals surface area contributed by atoms with E-state index in [9.17, 15) is 28.5 Å².